The van der Waals surface area contributed by atoms with Crippen LogP contribution in [0.25, 0.3) is 10.4 Å². The normalized spacial score (nSPS) is 22.0. The van der Waals surface area contributed by atoms with E-state index in [-0.39, 0.29) is 11.4 Å². The van der Waals surface area contributed by atoms with Crippen molar-refractivity contribution >= 4 is 29.0 Å². The highest BCUT2D eigenvalue weighted by atomic mass is 32.2. The van der Waals surface area contributed by atoms with Crippen LogP contribution in [0.4, 0.5) is 0 Å². The van der Waals surface area contributed by atoms with Gasteiger partial charge >= 0.3 is 0 Å². The first-order valence-corrected chi connectivity index (χ1v) is 10.9. The van der Waals surface area contributed by atoms with Crippen LogP contribution >= 0.6 is 23.1 Å². The van der Waals surface area contributed by atoms with Gasteiger partial charge in [-0.1, -0.05) is 30.0 Å². The molecule has 0 spiro atoms. The smallest absolute Gasteiger partial charge is 0.280 e. The third-order valence-corrected chi connectivity index (χ3v) is 7.48. The maximum absolute atomic E-state index is 12.8. The van der Waals surface area contributed by atoms with E-state index in [1.54, 1.807) is 29.1 Å². The second-order valence-corrected chi connectivity index (χ2v) is 9.45. The van der Waals surface area contributed by atoms with E-state index in [1.165, 1.54) is 11.3 Å². The van der Waals surface area contributed by atoms with Crippen LogP contribution in [-0.4, -0.2) is 39.4 Å². The number of likely N-dealkylation sites (tertiary alicyclic amines) is 1. The second kappa shape index (κ2) is 7.17. The molecule has 0 radical (unpaired) electrons. The molecule has 2 aliphatic rings. The molecule has 1 aliphatic carbocycles. The van der Waals surface area contributed by atoms with Gasteiger partial charge in [0.2, 0.25) is 0 Å². The lowest BCUT2D eigenvalue weighted by Crippen LogP contribution is -2.41. The van der Waals surface area contributed by atoms with Gasteiger partial charge in [-0.05, 0) is 24.6 Å². The molecule has 1 N–H and O–H groups in total. The number of benzene rings is 1. The molecule has 144 valence electrons. The molecule has 6 nitrogen and oxygen atoms in total. The summed E-state index contributed by atoms with van der Waals surface area (Å²) in [5.41, 5.74) is 0.721. The number of hydrogen-bond donors (Lipinski definition) is 1. The number of pyridine rings is 1. The third kappa shape index (κ3) is 3.48. The van der Waals surface area contributed by atoms with E-state index in [0.717, 1.165) is 33.2 Å². The molecule has 1 unspecified atom stereocenters. The Morgan fingerprint density at radius 1 is 1.31 bits per heavy atom. The maximum Gasteiger partial charge on any atom is 0.280 e. The molecule has 1 saturated carbocycles. The summed E-state index contributed by atoms with van der Waals surface area (Å²) in [6.07, 6.45) is 8.45. The first kappa shape index (κ1) is 18.2. The Kier molecular flexibility index (Phi) is 4.49. The molecule has 0 bridgehead atoms. The molecule has 2 atom stereocenters. The van der Waals surface area contributed by atoms with Crippen molar-refractivity contribution in [2.24, 2.45) is 5.92 Å². The molecule has 29 heavy (non-hydrogen) atoms. The Bertz CT molecular complexity index is 1110. The molecular weight excluding hydrogens is 402 g/mol. The summed E-state index contributed by atoms with van der Waals surface area (Å²) in [7, 11) is 0. The molecule has 1 amide bonds. The lowest BCUT2D eigenvalue weighted by molar-refractivity contribution is 0.0929. The van der Waals surface area contributed by atoms with Crippen molar-refractivity contribution in [2.45, 2.75) is 21.8 Å². The zero-order chi connectivity index (χ0) is 19.8. The lowest BCUT2D eigenvalue weighted by Gasteiger charge is -2.16. The third-order valence-electron chi connectivity index (χ3n) is 5.37. The van der Waals surface area contributed by atoms with Crippen LogP contribution in [0, 0.1) is 17.4 Å². The van der Waals surface area contributed by atoms with E-state index in [0.29, 0.717) is 17.5 Å². The zero-order valence-electron chi connectivity index (χ0n) is 15.4. The van der Waals surface area contributed by atoms with Crippen molar-refractivity contribution in [1.29, 1.82) is 5.26 Å². The number of nitrogens with zero attached hydrogens (tertiary/aromatic N) is 4. The van der Waals surface area contributed by atoms with Crippen LogP contribution in [0.2, 0.25) is 0 Å². The molecule has 2 fully saturated rings. The van der Waals surface area contributed by atoms with Crippen LogP contribution in [0.15, 0.2) is 64.8 Å². The summed E-state index contributed by atoms with van der Waals surface area (Å²) in [6, 6.07) is 12.1. The van der Waals surface area contributed by atoms with Crippen molar-refractivity contribution in [3.63, 3.8) is 0 Å². The average Bonchev–Trinajstić information content (AvgIpc) is 3.10. The Morgan fingerprint density at radius 3 is 2.97 bits per heavy atom. The Morgan fingerprint density at radius 2 is 2.17 bits per heavy atom. The lowest BCUT2D eigenvalue weighted by atomic mass is 10.2. The van der Waals surface area contributed by atoms with Crippen LogP contribution in [0.5, 0.6) is 0 Å². The highest BCUT2D eigenvalue weighted by molar-refractivity contribution is 7.99. The van der Waals surface area contributed by atoms with Crippen LogP contribution in [-0.2, 0) is 0 Å². The van der Waals surface area contributed by atoms with Crippen LogP contribution in [0.1, 0.15) is 16.2 Å². The van der Waals surface area contributed by atoms with Gasteiger partial charge in [0.1, 0.15) is 0 Å². The van der Waals surface area contributed by atoms with Crippen molar-refractivity contribution in [3.05, 3.63) is 60.0 Å². The standard InChI is InChI=1S/C21H17N5OS2/c22-13-26-11-14-8-21(14,12-26)25-19(27)20-24-10-18(29-20)16-9-23-7-6-17(16)28-15-4-2-1-3-5-15/h1-7,9-10,14H,8,11-12H2,(H,25,27)/t14?,21-/m0/s1. The van der Waals surface area contributed by atoms with Crippen LogP contribution in [0.3, 0.4) is 0 Å². The number of piperidine rings is 1. The fraction of sp³-hybridized carbons (Fsp3) is 0.238. The van der Waals surface area contributed by atoms with Gasteiger partial charge in [-0.2, -0.15) is 5.26 Å². The highest BCUT2D eigenvalue weighted by Crippen LogP contribution is 2.49. The number of carbonyl (C=O) groups is 1. The van der Waals surface area contributed by atoms with Gasteiger partial charge in [-0.15, -0.1) is 11.3 Å². The van der Waals surface area contributed by atoms with Gasteiger partial charge in [0, 0.05) is 46.4 Å². The zero-order valence-corrected chi connectivity index (χ0v) is 17.0. The van der Waals surface area contributed by atoms with Crippen molar-refractivity contribution in [2.75, 3.05) is 13.1 Å². The van der Waals surface area contributed by atoms with E-state index in [1.807, 2.05) is 30.5 Å². The molecule has 3 aromatic rings. The predicted molar refractivity (Wildman–Crippen MR) is 111 cm³/mol. The minimum atomic E-state index is -0.249. The summed E-state index contributed by atoms with van der Waals surface area (Å²) >= 11 is 3.03. The molecule has 1 aromatic carbocycles. The quantitative estimate of drug-likeness (QED) is 0.636. The highest BCUT2D eigenvalue weighted by Gasteiger charge is 2.61. The Hall–Kier alpha value is -2.89. The van der Waals surface area contributed by atoms with Crippen molar-refractivity contribution < 1.29 is 4.79 Å². The average molecular weight is 420 g/mol. The van der Waals surface area contributed by atoms with E-state index in [4.69, 9.17) is 5.26 Å². The van der Waals surface area contributed by atoms with Gasteiger partial charge in [-0.3, -0.25) is 9.78 Å². The number of fused-ring (bicyclic) bond motifs is 1. The van der Waals surface area contributed by atoms with Gasteiger partial charge in [0.25, 0.3) is 5.91 Å². The molecule has 1 saturated heterocycles. The van der Waals surface area contributed by atoms with Crippen LogP contribution < -0.4 is 5.32 Å². The van der Waals surface area contributed by atoms with E-state index < -0.39 is 0 Å². The summed E-state index contributed by atoms with van der Waals surface area (Å²) in [5.74, 6) is 0.211. The van der Waals surface area contributed by atoms with Gasteiger partial charge in [0.15, 0.2) is 11.2 Å². The van der Waals surface area contributed by atoms with Crippen molar-refractivity contribution in [1.82, 2.24) is 20.2 Å². The molecule has 2 aromatic heterocycles. The van der Waals surface area contributed by atoms with Crippen molar-refractivity contribution in [3.8, 4) is 16.6 Å². The second-order valence-electron chi connectivity index (χ2n) is 7.31. The minimum Gasteiger partial charge on any atom is -0.342 e. The topological polar surface area (TPSA) is 81.9 Å². The number of nitriles is 1. The SMILES string of the molecule is N#CN1CC2C[C@]2(NC(=O)c2ncc(-c3cnccc3Sc3ccccc3)s2)C1. The summed E-state index contributed by atoms with van der Waals surface area (Å²) in [6.45, 7) is 1.33. The van der Waals surface area contributed by atoms with E-state index >= 15 is 0 Å². The summed E-state index contributed by atoms with van der Waals surface area (Å²) in [5, 5.41) is 12.6. The molecule has 5 rings (SSSR count). The number of aromatic nitrogens is 2. The molecule has 3 heterocycles. The monoisotopic (exact) mass is 419 g/mol. The molecule has 1 aliphatic heterocycles. The molecular formula is C21H17N5OS2. The fourth-order valence-electron chi connectivity index (χ4n) is 3.81. The number of rotatable bonds is 5. The van der Waals surface area contributed by atoms with Gasteiger partial charge < -0.3 is 10.2 Å². The number of carbonyl (C=O) groups excluding carboxylic acids is 1. The number of nitrogens with one attached hydrogen (secondary N) is 1. The number of thiazole rings is 1. The first-order chi connectivity index (χ1) is 14.2. The van der Waals surface area contributed by atoms with Gasteiger partial charge in [0.05, 0.1) is 17.0 Å². The summed E-state index contributed by atoms with van der Waals surface area (Å²) in [4.78, 5) is 26.2. The minimum absolute atomic E-state index is 0.162. The largest absolute Gasteiger partial charge is 0.342 e. The Labute approximate surface area is 176 Å². The predicted octanol–water partition coefficient (Wildman–Crippen LogP) is 3.64. The molecule has 8 heteroatoms. The maximum atomic E-state index is 12.8. The Balaban J connectivity index is 1.35. The van der Waals surface area contributed by atoms with E-state index in [2.05, 4.69) is 33.6 Å². The summed E-state index contributed by atoms with van der Waals surface area (Å²) < 4.78 is 0. The number of hydrogen-bond acceptors (Lipinski definition) is 7. The van der Waals surface area contributed by atoms with E-state index in [9.17, 15) is 4.79 Å². The van der Waals surface area contributed by atoms with Gasteiger partial charge in [-0.25, -0.2) is 4.98 Å². The fourth-order valence-corrected chi connectivity index (χ4v) is 5.66. The number of amides is 1. The first-order valence-electron chi connectivity index (χ1n) is 9.27.